The molecule has 0 aliphatic carbocycles. The van der Waals surface area contributed by atoms with E-state index < -0.39 is 0 Å². The largest absolute Gasteiger partial charge is 0.378 e. The summed E-state index contributed by atoms with van der Waals surface area (Å²) < 4.78 is 11.8. The topological polar surface area (TPSA) is 34.6 Å². The Morgan fingerprint density at radius 3 is 3.16 bits per heavy atom. The smallest absolute Gasteiger partial charge is 0.109 e. The van der Waals surface area contributed by atoms with E-state index in [0.29, 0.717) is 11.6 Å². The number of halogens is 1. The number of aromatic nitrogens is 1. The maximum Gasteiger partial charge on any atom is 0.109 e. The summed E-state index contributed by atoms with van der Waals surface area (Å²) >= 11 is 6.26. The summed E-state index contributed by atoms with van der Waals surface area (Å²) in [5.74, 6) is 0. The van der Waals surface area contributed by atoms with Crippen molar-refractivity contribution in [3.63, 3.8) is 0 Å². The minimum atomic E-state index is -0.178. The van der Waals surface area contributed by atoms with Crippen molar-refractivity contribution in [2.75, 3.05) is 31.2 Å². The molecule has 1 aromatic rings. The minimum absolute atomic E-state index is 0.178. The molecule has 0 bridgehead atoms. The van der Waals surface area contributed by atoms with Gasteiger partial charge in [0.25, 0.3) is 0 Å². The first kappa shape index (κ1) is 13.2. The van der Waals surface area contributed by atoms with Gasteiger partial charge in [-0.15, -0.1) is 0 Å². The van der Waals surface area contributed by atoms with E-state index in [0.717, 1.165) is 38.2 Å². The molecule has 0 radical (unpaired) electrons. The van der Waals surface area contributed by atoms with Gasteiger partial charge in [0.05, 0.1) is 23.4 Å². The summed E-state index contributed by atoms with van der Waals surface area (Å²) in [7, 11) is 0. The third-order valence-corrected chi connectivity index (χ3v) is 4.08. The van der Waals surface area contributed by atoms with Crippen LogP contribution in [0.1, 0.15) is 19.8 Å². The van der Waals surface area contributed by atoms with Gasteiger partial charge in [-0.05, 0) is 25.8 Å². The van der Waals surface area contributed by atoms with Gasteiger partial charge in [-0.2, -0.15) is 0 Å². The van der Waals surface area contributed by atoms with Crippen molar-refractivity contribution in [1.82, 2.24) is 4.98 Å². The van der Waals surface area contributed by atoms with E-state index >= 15 is 0 Å². The molecule has 2 aliphatic rings. The van der Waals surface area contributed by atoms with Crippen molar-refractivity contribution in [1.29, 1.82) is 0 Å². The second-order valence-electron chi connectivity index (χ2n) is 5.48. The van der Waals surface area contributed by atoms with Gasteiger partial charge in [-0.25, -0.2) is 0 Å². The molecule has 2 saturated heterocycles. The van der Waals surface area contributed by atoms with Crippen molar-refractivity contribution in [2.45, 2.75) is 31.5 Å². The molecule has 3 heterocycles. The summed E-state index contributed by atoms with van der Waals surface area (Å²) in [6.07, 6.45) is 5.77. The number of ether oxygens (including phenoxy) is 2. The van der Waals surface area contributed by atoms with E-state index in [4.69, 9.17) is 21.1 Å². The van der Waals surface area contributed by atoms with E-state index in [9.17, 15) is 0 Å². The summed E-state index contributed by atoms with van der Waals surface area (Å²) in [5.41, 5.74) is 0.861. The fourth-order valence-electron chi connectivity index (χ4n) is 3.08. The average Bonchev–Trinajstić information content (AvgIpc) is 2.39. The number of anilines is 1. The first-order valence-electron chi connectivity index (χ1n) is 6.79. The molecule has 5 heteroatoms. The lowest BCUT2D eigenvalue weighted by molar-refractivity contribution is -0.160. The van der Waals surface area contributed by atoms with Gasteiger partial charge in [-0.1, -0.05) is 11.6 Å². The zero-order chi connectivity index (χ0) is 13.3. The van der Waals surface area contributed by atoms with Crippen molar-refractivity contribution in [3.05, 3.63) is 23.5 Å². The molecule has 0 amide bonds. The van der Waals surface area contributed by atoms with E-state index in [1.807, 2.05) is 6.07 Å². The Labute approximate surface area is 118 Å². The quantitative estimate of drug-likeness (QED) is 0.793. The number of rotatable bonds is 1. The Morgan fingerprint density at radius 2 is 2.42 bits per heavy atom. The molecule has 2 unspecified atom stereocenters. The first-order valence-corrected chi connectivity index (χ1v) is 7.16. The van der Waals surface area contributed by atoms with Crippen LogP contribution >= 0.6 is 11.6 Å². The lowest BCUT2D eigenvalue weighted by atomic mass is 9.93. The van der Waals surface area contributed by atoms with Crippen LogP contribution in [0.15, 0.2) is 18.5 Å². The average molecular weight is 283 g/mol. The molecule has 0 saturated carbocycles. The molecule has 2 atom stereocenters. The molecule has 4 nitrogen and oxygen atoms in total. The molecule has 2 fully saturated rings. The molecule has 0 N–H and O–H groups in total. The Morgan fingerprint density at radius 1 is 1.53 bits per heavy atom. The molecule has 0 aromatic carbocycles. The van der Waals surface area contributed by atoms with Gasteiger partial charge in [-0.3, -0.25) is 4.98 Å². The Balaban J connectivity index is 1.84. The maximum absolute atomic E-state index is 6.26. The van der Waals surface area contributed by atoms with Gasteiger partial charge in [0, 0.05) is 32.1 Å². The fourth-order valence-corrected chi connectivity index (χ4v) is 3.32. The second-order valence-corrected chi connectivity index (χ2v) is 5.88. The molecule has 3 rings (SSSR count). The molecular formula is C14H19ClN2O2. The van der Waals surface area contributed by atoms with Gasteiger partial charge in [0.1, 0.15) is 5.60 Å². The maximum atomic E-state index is 6.26. The van der Waals surface area contributed by atoms with Gasteiger partial charge < -0.3 is 14.4 Å². The summed E-state index contributed by atoms with van der Waals surface area (Å²) in [5, 5.41) is 0.698. The van der Waals surface area contributed by atoms with E-state index in [-0.39, 0.29) is 11.7 Å². The predicted molar refractivity (Wildman–Crippen MR) is 74.8 cm³/mol. The number of hydrogen-bond acceptors (Lipinski definition) is 4. The van der Waals surface area contributed by atoms with E-state index in [1.54, 1.807) is 12.4 Å². The third-order valence-electron chi connectivity index (χ3n) is 3.79. The molecule has 19 heavy (non-hydrogen) atoms. The summed E-state index contributed by atoms with van der Waals surface area (Å²) in [4.78, 5) is 6.35. The van der Waals surface area contributed by atoms with Crippen molar-refractivity contribution < 1.29 is 9.47 Å². The number of pyridine rings is 1. The van der Waals surface area contributed by atoms with Crippen LogP contribution in [0.25, 0.3) is 0 Å². The lowest BCUT2D eigenvalue weighted by Crippen LogP contribution is -2.58. The van der Waals surface area contributed by atoms with Crippen molar-refractivity contribution >= 4 is 17.3 Å². The van der Waals surface area contributed by atoms with Crippen molar-refractivity contribution in [3.8, 4) is 0 Å². The molecule has 2 aliphatic heterocycles. The normalized spacial score (nSPS) is 31.7. The molecule has 104 valence electrons. The molecule has 1 spiro atoms. The second kappa shape index (κ2) is 5.27. The highest BCUT2D eigenvalue weighted by Gasteiger charge is 2.41. The summed E-state index contributed by atoms with van der Waals surface area (Å²) in [6.45, 7) is 5.32. The van der Waals surface area contributed by atoms with Gasteiger partial charge in [0.15, 0.2) is 0 Å². The zero-order valence-corrected chi connectivity index (χ0v) is 11.9. The number of hydrogen-bond donors (Lipinski definition) is 0. The lowest BCUT2D eigenvalue weighted by Gasteiger charge is -2.48. The summed E-state index contributed by atoms with van der Waals surface area (Å²) in [6, 6.07) is 1.97. The Kier molecular flexibility index (Phi) is 3.65. The fraction of sp³-hybridized carbons (Fsp3) is 0.643. The highest BCUT2D eigenvalue weighted by molar-refractivity contribution is 6.33. The van der Waals surface area contributed by atoms with E-state index in [2.05, 4.69) is 16.8 Å². The van der Waals surface area contributed by atoms with Crippen LogP contribution in [0.4, 0.5) is 5.69 Å². The van der Waals surface area contributed by atoms with Crippen LogP contribution in [0.2, 0.25) is 5.02 Å². The van der Waals surface area contributed by atoms with Crippen LogP contribution < -0.4 is 4.90 Å². The van der Waals surface area contributed by atoms with Gasteiger partial charge in [0.2, 0.25) is 0 Å². The van der Waals surface area contributed by atoms with Crippen molar-refractivity contribution in [2.24, 2.45) is 0 Å². The van der Waals surface area contributed by atoms with Gasteiger partial charge >= 0.3 is 0 Å². The first-order chi connectivity index (χ1) is 9.19. The monoisotopic (exact) mass is 282 g/mol. The zero-order valence-electron chi connectivity index (χ0n) is 11.1. The van der Waals surface area contributed by atoms with Crippen LogP contribution in [-0.4, -0.2) is 43.0 Å². The third kappa shape index (κ3) is 2.71. The number of morpholine rings is 1. The standard InChI is InChI=1S/C14H19ClN2O2/c1-11-8-17(13-3-5-16-7-12(13)15)9-14(19-11)4-2-6-18-10-14/h3,5,7,11H,2,4,6,8-10H2,1H3. The van der Waals surface area contributed by atoms with E-state index in [1.165, 1.54) is 0 Å². The van der Waals surface area contributed by atoms with Crippen LogP contribution in [0, 0.1) is 0 Å². The number of nitrogens with zero attached hydrogens (tertiary/aromatic N) is 2. The SMILES string of the molecule is CC1CN(c2ccncc2Cl)CC2(CCCOC2)O1. The van der Waals surface area contributed by atoms with Crippen LogP contribution in [-0.2, 0) is 9.47 Å². The highest BCUT2D eigenvalue weighted by Crippen LogP contribution is 2.34. The Bertz CT molecular complexity index is 449. The molecular weight excluding hydrogens is 264 g/mol. The Hall–Kier alpha value is -0.840. The van der Waals surface area contributed by atoms with Crippen LogP contribution in [0.3, 0.4) is 0 Å². The highest BCUT2D eigenvalue weighted by atomic mass is 35.5. The predicted octanol–water partition coefficient (Wildman–Crippen LogP) is 2.51. The molecule has 1 aromatic heterocycles. The minimum Gasteiger partial charge on any atom is -0.378 e. The van der Waals surface area contributed by atoms with Crippen LogP contribution in [0.5, 0.6) is 0 Å².